The van der Waals surface area contributed by atoms with Gasteiger partial charge in [0.05, 0.1) is 12.7 Å². The molecule has 0 saturated carbocycles. The Morgan fingerprint density at radius 3 is 2.83 bits per heavy atom. The van der Waals surface area contributed by atoms with E-state index in [1.807, 2.05) is 26.4 Å². The van der Waals surface area contributed by atoms with E-state index < -0.39 is 11.9 Å². The van der Waals surface area contributed by atoms with E-state index in [0.717, 1.165) is 44.3 Å². The molecule has 1 aliphatic heterocycles. The smallest absolute Gasteiger partial charge is 0.357 e. The van der Waals surface area contributed by atoms with Gasteiger partial charge < -0.3 is 15.5 Å². The maximum atomic E-state index is 12.7. The summed E-state index contributed by atoms with van der Waals surface area (Å²) in [5.41, 5.74) is 0.250. The van der Waals surface area contributed by atoms with E-state index in [1.165, 1.54) is 5.56 Å². The van der Waals surface area contributed by atoms with Gasteiger partial charge >= 0.3 is 6.18 Å². The second kappa shape index (κ2) is 10.8. The topological polar surface area (TPSA) is 83.3 Å². The number of guanidine groups is 1. The summed E-state index contributed by atoms with van der Waals surface area (Å²) in [6, 6.07) is 0.846. The van der Waals surface area contributed by atoms with Gasteiger partial charge in [0.25, 0.3) is 0 Å². The van der Waals surface area contributed by atoms with E-state index in [-0.39, 0.29) is 29.9 Å². The third-order valence-electron chi connectivity index (χ3n) is 4.62. The molecule has 0 bridgehead atoms. The molecule has 1 fully saturated rings. The number of hydrogen-bond acceptors (Lipinski definition) is 5. The van der Waals surface area contributed by atoms with Gasteiger partial charge in [0.2, 0.25) is 5.95 Å². The first kappa shape index (κ1) is 24.2. The molecular formula is C18H26F3IN8. The van der Waals surface area contributed by atoms with E-state index >= 15 is 0 Å². The van der Waals surface area contributed by atoms with Crippen LogP contribution in [-0.2, 0) is 13.2 Å². The molecule has 2 aromatic heterocycles. The standard InChI is InChI=1S/C18H25F3N8.HI/c1-3-22-17(29-9-5-13(12-29)14-10-26-28(2)11-14)25-8-7-24-16-23-6-4-15(27-16)18(19,20)21;/h4,6,10-11,13H,3,5,7-9,12H2,1-2H3,(H,22,25)(H,23,24,27);1H. The molecule has 3 rings (SSSR count). The number of rotatable bonds is 6. The van der Waals surface area contributed by atoms with Gasteiger partial charge in [0, 0.05) is 51.5 Å². The number of nitrogens with zero attached hydrogens (tertiary/aromatic N) is 6. The van der Waals surface area contributed by atoms with E-state index in [0.29, 0.717) is 19.0 Å². The van der Waals surface area contributed by atoms with Crippen molar-refractivity contribution in [2.75, 3.05) is 38.0 Å². The van der Waals surface area contributed by atoms with E-state index in [4.69, 9.17) is 0 Å². The van der Waals surface area contributed by atoms with E-state index in [1.54, 1.807) is 4.68 Å². The summed E-state index contributed by atoms with van der Waals surface area (Å²) in [6.07, 6.45) is 1.56. The monoisotopic (exact) mass is 538 g/mol. The van der Waals surface area contributed by atoms with E-state index in [2.05, 4.69) is 35.6 Å². The van der Waals surface area contributed by atoms with Crippen molar-refractivity contribution in [2.45, 2.75) is 25.4 Å². The highest BCUT2D eigenvalue weighted by Crippen LogP contribution is 2.28. The molecule has 2 aromatic rings. The summed E-state index contributed by atoms with van der Waals surface area (Å²) in [7, 11) is 1.91. The molecule has 1 saturated heterocycles. The summed E-state index contributed by atoms with van der Waals surface area (Å²) in [5, 5.41) is 10.3. The predicted octanol–water partition coefficient (Wildman–Crippen LogP) is 2.71. The van der Waals surface area contributed by atoms with Gasteiger partial charge in [0.15, 0.2) is 5.96 Å². The number of alkyl halides is 3. The fourth-order valence-corrected chi connectivity index (χ4v) is 3.23. The first-order valence-electron chi connectivity index (χ1n) is 9.52. The molecule has 1 atom stereocenters. The summed E-state index contributed by atoms with van der Waals surface area (Å²) in [4.78, 5) is 14.1. The summed E-state index contributed by atoms with van der Waals surface area (Å²) < 4.78 is 40.0. The zero-order valence-corrected chi connectivity index (χ0v) is 19.2. The number of nitrogens with one attached hydrogen (secondary N) is 2. The Morgan fingerprint density at radius 1 is 1.37 bits per heavy atom. The molecule has 30 heavy (non-hydrogen) atoms. The van der Waals surface area contributed by atoms with Crippen molar-refractivity contribution >= 4 is 35.9 Å². The number of anilines is 1. The molecule has 0 aromatic carbocycles. The number of halogens is 4. The van der Waals surface area contributed by atoms with Crippen LogP contribution in [0.3, 0.4) is 0 Å². The van der Waals surface area contributed by atoms with Crippen LogP contribution in [0.4, 0.5) is 19.1 Å². The van der Waals surface area contributed by atoms with Gasteiger partial charge in [-0.1, -0.05) is 0 Å². The Morgan fingerprint density at radius 2 is 2.17 bits per heavy atom. The maximum absolute atomic E-state index is 12.7. The lowest BCUT2D eigenvalue weighted by molar-refractivity contribution is -0.141. The number of aryl methyl sites for hydroxylation is 1. The SMILES string of the molecule is CCNC(=NCCNc1nccc(C(F)(F)F)n1)N1CCC(c2cnn(C)c2)C1.I. The summed E-state index contributed by atoms with van der Waals surface area (Å²) in [6.45, 7) is 5.18. The molecule has 0 radical (unpaired) electrons. The van der Waals surface area contributed by atoms with Gasteiger partial charge in [-0.2, -0.15) is 18.3 Å². The van der Waals surface area contributed by atoms with Gasteiger partial charge in [0.1, 0.15) is 5.69 Å². The minimum atomic E-state index is -4.49. The lowest BCUT2D eigenvalue weighted by Crippen LogP contribution is -2.40. The molecule has 0 aliphatic carbocycles. The molecule has 0 spiro atoms. The van der Waals surface area contributed by atoms with Crippen molar-refractivity contribution in [1.82, 2.24) is 30.0 Å². The van der Waals surface area contributed by atoms with Crippen molar-refractivity contribution < 1.29 is 13.2 Å². The highest BCUT2D eigenvalue weighted by Gasteiger charge is 2.32. The van der Waals surface area contributed by atoms with Crippen LogP contribution in [0.5, 0.6) is 0 Å². The minimum absolute atomic E-state index is 0. The highest BCUT2D eigenvalue weighted by atomic mass is 127. The van der Waals surface area contributed by atoms with Crippen molar-refractivity contribution in [1.29, 1.82) is 0 Å². The Hall–Kier alpha value is -2.12. The Bertz CT molecular complexity index is 839. The van der Waals surface area contributed by atoms with Crippen LogP contribution in [0.1, 0.15) is 30.5 Å². The Labute approximate surface area is 190 Å². The molecule has 1 unspecified atom stereocenters. The molecule has 0 amide bonds. The second-order valence-corrected chi connectivity index (χ2v) is 6.80. The lowest BCUT2D eigenvalue weighted by Gasteiger charge is -2.21. The highest BCUT2D eigenvalue weighted by molar-refractivity contribution is 14.0. The molecule has 3 heterocycles. The number of aromatic nitrogens is 4. The van der Waals surface area contributed by atoms with Crippen molar-refractivity contribution in [3.05, 3.63) is 35.9 Å². The average molecular weight is 538 g/mol. The first-order valence-corrected chi connectivity index (χ1v) is 9.52. The number of aliphatic imine (C=N–C) groups is 1. The zero-order valence-electron chi connectivity index (χ0n) is 16.9. The third-order valence-corrected chi connectivity index (χ3v) is 4.62. The van der Waals surface area contributed by atoms with Crippen LogP contribution in [0.2, 0.25) is 0 Å². The summed E-state index contributed by atoms with van der Waals surface area (Å²) in [5.74, 6) is 1.15. The fourth-order valence-electron chi connectivity index (χ4n) is 3.23. The van der Waals surface area contributed by atoms with Crippen molar-refractivity contribution in [3.8, 4) is 0 Å². The van der Waals surface area contributed by atoms with Crippen molar-refractivity contribution in [3.63, 3.8) is 0 Å². The van der Waals surface area contributed by atoms with Gasteiger partial charge in [-0.25, -0.2) is 9.97 Å². The minimum Gasteiger partial charge on any atom is -0.357 e. The van der Waals surface area contributed by atoms with Gasteiger partial charge in [-0.05, 0) is 25.0 Å². The van der Waals surface area contributed by atoms with Crippen molar-refractivity contribution in [2.24, 2.45) is 12.0 Å². The molecule has 12 heteroatoms. The second-order valence-electron chi connectivity index (χ2n) is 6.80. The van der Waals surface area contributed by atoms with Crippen LogP contribution in [-0.4, -0.2) is 63.3 Å². The quantitative estimate of drug-likeness (QED) is 0.255. The van der Waals surface area contributed by atoms with E-state index in [9.17, 15) is 13.2 Å². The van der Waals surface area contributed by atoms with Gasteiger partial charge in [-0.15, -0.1) is 24.0 Å². The third kappa shape index (κ3) is 6.44. The largest absolute Gasteiger partial charge is 0.433 e. The Kier molecular flexibility index (Phi) is 8.67. The number of likely N-dealkylation sites (tertiary alicyclic amines) is 1. The normalized spacial score (nSPS) is 17.0. The maximum Gasteiger partial charge on any atom is 0.433 e. The molecule has 8 nitrogen and oxygen atoms in total. The van der Waals surface area contributed by atoms with Crippen LogP contribution in [0.15, 0.2) is 29.6 Å². The molecule has 2 N–H and O–H groups in total. The zero-order chi connectivity index (χ0) is 20.9. The molecular weight excluding hydrogens is 512 g/mol. The summed E-state index contributed by atoms with van der Waals surface area (Å²) >= 11 is 0. The molecule has 1 aliphatic rings. The van der Waals surface area contributed by atoms with Crippen LogP contribution >= 0.6 is 24.0 Å². The van der Waals surface area contributed by atoms with Crippen LogP contribution in [0, 0.1) is 0 Å². The number of hydrogen-bond donors (Lipinski definition) is 2. The Balaban J connectivity index is 0.00000320. The predicted molar refractivity (Wildman–Crippen MR) is 119 cm³/mol. The lowest BCUT2D eigenvalue weighted by atomic mass is 10.0. The first-order chi connectivity index (χ1) is 13.9. The fraction of sp³-hybridized carbons (Fsp3) is 0.556. The van der Waals surface area contributed by atoms with Gasteiger partial charge in [-0.3, -0.25) is 9.67 Å². The van der Waals surface area contributed by atoms with Crippen LogP contribution in [0.25, 0.3) is 0 Å². The molecule has 166 valence electrons. The average Bonchev–Trinajstić information content (AvgIpc) is 3.33. The van der Waals surface area contributed by atoms with Crippen LogP contribution < -0.4 is 10.6 Å².